The molecule has 2 rings (SSSR count). The molecule has 3 nitrogen and oxygen atoms in total. The summed E-state index contributed by atoms with van der Waals surface area (Å²) in [4.78, 5) is 0.293. The lowest BCUT2D eigenvalue weighted by Gasteiger charge is -2.12. The van der Waals surface area contributed by atoms with E-state index in [1.165, 1.54) is 0 Å². The van der Waals surface area contributed by atoms with Crippen molar-refractivity contribution in [2.24, 2.45) is 5.92 Å². The molecule has 0 aliphatic carbocycles. The summed E-state index contributed by atoms with van der Waals surface area (Å²) in [5.74, 6) is 0.551. The van der Waals surface area contributed by atoms with Gasteiger partial charge in [0.2, 0.25) is 0 Å². The maximum atomic E-state index is 12.5. The summed E-state index contributed by atoms with van der Waals surface area (Å²) >= 11 is 0. The number of rotatable bonds is 5. The van der Waals surface area contributed by atoms with Gasteiger partial charge in [-0.25, -0.2) is 8.42 Å². The third kappa shape index (κ3) is 4.10. The van der Waals surface area contributed by atoms with Crippen LogP contribution in [-0.4, -0.2) is 8.42 Å². The van der Waals surface area contributed by atoms with Crippen molar-refractivity contribution in [1.29, 1.82) is 0 Å². The molecule has 0 unspecified atom stereocenters. The molecule has 2 aromatic rings. The minimum Gasteiger partial charge on any atom is -0.279 e. The van der Waals surface area contributed by atoms with Crippen molar-refractivity contribution in [3.05, 3.63) is 59.2 Å². The van der Waals surface area contributed by atoms with Crippen LogP contribution >= 0.6 is 0 Å². The molecular formula is C18H23NO2S. The molecule has 0 aromatic heterocycles. The van der Waals surface area contributed by atoms with Crippen LogP contribution in [0.3, 0.4) is 0 Å². The number of nitrogens with one attached hydrogen (secondary N) is 1. The second-order valence-electron chi connectivity index (χ2n) is 6.17. The highest BCUT2D eigenvalue weighted by molar-refractivity contribution is 7.92. The lowest BCUT2D eigenvalue weighted by Crippen LogP contribution is -2.14. The van der Waals surface area contributed by atoms with Crippen molar-refractivity contribution in [3.63, 3.8) is 0 Å². The third-order valence-corrected chi connectivity index (χ3v) is 4.90. The van der Waals surface area contributed by atoms with Gasteiger partial charge in [0.25, 0.3) is 10.0 Å². The molecule has 0 aliphatic heterocycles. The van der Waals surface area contributed by atoms with Crippen LogP contribution in [0.5, 0.6) is 0 Å². The first-order chi connectivity index (χ1) is 10.3. The normalized spacial score (nSPS) is 11.7. The van der Waals surface area contributed by atoms with Gasteiger partial charge in [0.1, 0.15) is 0 Å². The van der Waals surface area contributed by atoms with E-state index in [0.29, 0.717) is 16.5 Å². The monoisotopic (exact) mass is 317 g/mol. The minimum absolute atomic E-state index is 0.293. The van der Waals surface area contributed by atoms with Crippen molar-refractivity contribution in [3.8, 4) is 0 Å². The minimum atomic E-state index is -3.55. The summed E-state index contributed by atoms with van der Waals surface area (Å²) in [6.07, 6.45) is 0.949. The predicted octanol–water partition coefficient (Wildman–Crippen LogP) is 4.30. The average Bonchev–Trinajstić information content (AvgIpc) is 2.42. The van der Waals surface area contributed by atoms with E-state index < -0.39 is 10.0 Å². The zero-order valence-electron chi connectivity index (χ0n) is 13.6. The lowest BCUT2D eigenvalue weighted by atomic mass is 10.0. The highest BCUT2D eigenvalue weighted by atomic mass is 32.2. The molecule has 0 amide bonds. The molecule has 2 aromatic carbocycles. The van der Waals surface area contributed by atoms with Crippen LogP contribution in [0.2, 0.25) is 0 Å². The molecule has 22 heavy (non-hydrogen) atoms. The topological polar surface area (TPSA) is 46.2 Å². The van der Waals surface area contributed by atoms with Crippen LogP contribution in [0.1, 0.15) is 30.5 Å². The highest BCUT2D eigenvalue weighted by Gasteiger charge is 2.15. The van der Waals surface area contributed by atoms with Gasteiger partial charge >= 0.3 is 0 Å². The second-order valence-corrected chi connectivity index (χ2v) is 7.85. The molecule has 0 fully saturated rings. The number of benzene rings is 2. The molecule has 4 heteroatoms. The van der Waals surface area contributed by atoms with Crippen LogP contribution in [0, 0.1) is 19.8 Å². The predicted molar refractivity (Wildman–Crippen MR) is 91.7 cm³/mol. The molecule has 118 valence electrons. The molecule has 0 saturated heterocycles. The zero-order valence-corrected chi connectivity index (χ0v) is 14.4. The zero-order chi connectivity index (χ0) is 16.3. The molecule has 0 bridgehead atoms. The van der Waals surface area contributed by atoms with Crippen LogP contribution in [0.15, 0.2) is 47.4 Å². The second kappa shape index (κ2) is 6.53. The Balaban J connectivity index is 2.25. The first-order valence-electron chi connectivity index (χ1n) is 7.47. The first kappa shape index (κ1) is 16.6. The van der Waals surface area contributed by atoms with Crippen molar-refractivity contribution in [2.45, 2.75) is 39.0 Å². The Kier molecular flexibility index (Phi) is 4.91. The van der Waals surface area contributed by atoms with E-state index in [1.54, 1.807) is 12.1 Å². The smallest absolute Gasteiger partial charge is 0.261 e. The SMILES string of the molecule is Cc1ccc(C)c(NS(=O)(=O)c2ccc(CC(C)C)cc2)c1. The summed E-state index contributed by atoms with van der Waals surface area (Å²) in [6, 6.07) is 12.8. The largest absolute Gasteiger partial charge is 0.279 e. The van der Waals surface area contributed by atoms with Gasteiger partial charge in [0.05, 0.1) is 10.6 Å². The Hall–Kier alpha value is -1.81. The van der Waals surface area contributed by atoms with E-state index in [2.05, 4.69) is 18.6 Å². The third-order valence-electron chi connectivity index (χ3n) is 3.51. The van der Waals surface area contributed by atoms with Crippen LogP contribution in [0.25, 0.3) is 0 Å². The molecule has 0 spiro atoms. The summed E-state index contributed by atoms with van der Waals surface area (Å²) in [5, 5.41) is 0. The van der Waals surface area contributed by atoms with Crippen LogP contribution in [0.4, 0.5) is 5.69 Å². The van der Waals surface area contributed by atoms with E-state index in [0.717, 1.165) is 23.1 Å². The molecule has 0 saturated carbocycles. The Bertz CT molecular complexity index is 747. The summed E-state index contributed by atoms with van der Waals surface area (Å²) in [5.41, 5.74) is 3.72. The molecule has 0 atom stereocenters. The van der Waals surface area contributed by atoms with E-state index in [4.69, 9.17) is 0 Å². The maximum absolute atomic E-state index is 12.5. The summed E-state index contributed by atoms with van der Waals surface area (Å²) in [7, 11) is -3.55. The summed E-state index contributed by atoms with van der Waals surface area (Å²) < 4.78 is 27.7. The van der Waals surface area contributed by atoms with E-state index in [1.807, 2.05) is 44.2 Å². The molecule has 0 heterocycles. The lowest BCUT2D eigenvalue weighted by molar-refractivity contribution is 0.601. The van der Waals surface area contributed by atoms with Gasteiger partial charge in [0, 0.05) is 0 Å². The van der Waals surface area contributed by atoms with Gasteiger partial charge in [-0.1, -0.05) is 38.1 Å². The Morgan fingerprint density at radius 3 is 2.23 bits per heavy atom. The van der Waals surface area contributed by atoms with Gasteiger partial charge < -0.3 is 0 Å². The molecule has 1 N–H and O–H groups in total. The first-order valence-corrected chi connectivity index (χ1v) is 8.95. The van der Waals surface area contributed by atoms with Gasteiger partial charge in [-0.2, -0.15) is 0 Å². The van der Waals surface area contributed by atoms with Gasteiger partial charge in [-0.3, -0.25) is 4.72 Å². The van der Waals surface area contributed by atoms with Crippen LogP contribution in [-0.2, 0) is 16.4 Å². The number of aryl methyl sites for hydroxylation is 2. The van der Waals surface area contributed by atoms with Crippen molar-refractivity contribution in [2.75, 3.05) is 4.72 Å². The van der Waals surface area contributed by atoms with Crippen molar-refractivity contribution >= 4 is 15.7 Å². The van der Waals surface area contributed by atoms with E-state index in [-0.39, 0.29) is 0 Å². The fourth-order valence-corrected chi connectivity index (χ4v) is 3.45. The van der Waals surface area contributed by atoms with Gasteiger partial charge in [-0.15, -0.1) is 0 Å². The molecular weight excluding hydrogens is 294 g/mol. The Morgan fingerprint density at radius 1 is 1.00 bits per heavy atom. The van der Waals surface area contributed by atoms with Crippen molar-refractivity contribution in [1.82, 2.24) is 0 Å². The Morgan fingerprint density at radius 2 is 1.64 bits per heavy atom. The van der Waals surface area contributed by atoms with Gasteiger partial charge in [-0.05, 0) is 61.1 Å². The standard InChI is InChI=1S/C18H23NO2S/c1-13(2)11-16-7-9-17(10-8-16)22(20,21)19-18-12-14(3)5-6-15(18)4/h5-10,12-13,19H,11H2,1-4H3. The fourth-order valence-electron chi connectivity index (χ4n) is 2.33. The summed E-state index contributed by atoms with van der Waals surface area (Å²) in [6.45, 7) is 8.13. The number of hydrogen-bond donors (Lipinski definition) is 1. The Labute approximate surface area is 133 Å². The molecule has 0 radical (unpaired) electrons. The van der Waals surface area contributed by atoms with Crippen molar-refractivity contribution < 1.29 is 8.42 Å². The number of hydrogen-bond acceptors (Lipinski definition) is 2. The van der Waals surface area contributed by atoms with E-state index >= 15 is 0 Å². The van der Waals surface area contributed by atoms with Crippen LogP contribution < -0.4 is 4.72 Å². The van der Waals surface area contributed by atoms with E-state index in [9.17, 15) is 8.42 Å². The number of anilines is 1. The molecule has 0 aliphatic rings. The quantitative estimate of drug-likeness (QED) is 0.893. The number of sulfonamides is 1. The maximum Gasteiger partial charge on any atom is 0.261 e. The average molecular weight is 317 g/mol. The fraction of sp³-hybridized carbons (Fsp3) is 0.333. The van der Waals surface area contributed by atoms with Gasteiger partial charge in [0.15, 0.2) is 0 Å². The highest BCUT2D eigenvalue weighted by Crippen LogP contribution is 2.21.